The molecule has 2 amide bonds. The van der Waals surface area contributed by atoms with Crippen LogP contribution in [0.4, 0.5) is 0 Å². The number of aryl methyl sites for hydroxylation is 1. The number of amides is 2. The highest BCUT2D eigenvalue weighted by Gasteiger charge is 2.25. The number of nitrogens with zero attached hydrogens (tertiary/aromatic N) is 2. The van der Waals surface area contributed by atoms with Gasteiger partial charge in [0, 0.05) is 38.3 Å². The van der Waals surface area contributed by atoms with E-state index in [9.17, 15) is 14.4 Å². The monoisotopic (exact) mass is 478 g/mol. The van der Waals surface area contributed by atoms with Crippen molar-refractivity contribution in [2.24, 2.45) is 0 Å². The quantitative estimate of drug-likeness (QED) is 0.486. The molecule has 0 saturated heterocycles. The second-order valence-electron chi connectivity index (χ2n) is 8.69. The molecule has 2 aromatic carbocycles. The van der Waals surface area contributed by atoms with Crippen LogP contribution < -0.4 is 25.5 Å². The average molecular weight is 479 g/mol. The van der Waals surface area contributed by atoms with Gasteiger partial charge in [-0.25, -0.2) is 0 Å². The zero-order valence-electron chi connectivity index (χ0n) is 20.2. The first kappa shape index (κ1) is 24.3. The fourth-order valence-electron chi connectivity index (χ4n) is 4.02. The van der Waals surface area contributed by atoms with E-state index in [0.717, 1.165) is 5.56 Å². The smallest absolute Gasteiger partial charge is 0.257 e. The molecule has 0 radical (unpaired) electrons. The first-order chi connectivity index (χ1) is 16.9. The molecule has 2 N–H and O–H groups in total. The standard InChI is InChI=1S/C26H30N4O5/c1-4-30-15-19(24(31)18-13-22-23(14-21(18)30)35-16-34-22)25(32)28-20(12-17-8-6-5-7-9-17)26(33)27-10-11-29(2)3/h5-9,13-15,20H,4,10-12,16H2,1-3H3,(H,27,33)(H,28,32)/t20-/m1/s1. The number of hydrogen-bond donors (Lipinski definition) is 2. The van der Waals surface area contributed by atoms with Gasteiger partial charge in [-0.2, -0.15) is 0 Å². The molecular formula is C26H30N4O5. The molecule has 4 rings (SSSR count). The number of carbonyl (C=O) groups excluding carboxylic acids is 2. The van der Waals surface area contributed by atoms with Gasteiger partial charge >= 0.3 is 0 Å². The molecule has 1 aromatic heterocycles. The lowest BCUT2D eigenvalue weighted by molar-refractivity contribution is -0.123. The number of aromatic nitrogens is 1. The van der Waals surface area contributed by atoms with E-state index in [1.165, 1.54) is 6.20 Å². The number of likely N-dealkylation sites (N-methyl/N-ethyl adjacent to an activating group) is 1. The molecule has 0 bridgehead atoms. The maximum Gasteiger partial charge on any atom is 0.257 e. The highest BCUT2D eigenvalue weighted by molar-refractivity contribution is 6.00. The van der Waals surface area contributed by atoms with Gasteiger partial charge in [0.1, 0.15) is 11.6 Å². The van der Waals surface area contributed by atoms with E-state index in [4.69, 9.17) is 9.47 Å². The van der Waals surface area contributed by atoms with E-state index >= 15 is 0 Å². The normalized spacial score (nSPS) is 13.1. The Kier molecular flexibility index (Phi) is 7.36. The Balaban J connectivity index is 1.64. The summed E-state index contributed by atoms with van der Waals surface area (Å²) >= 11 is 0. The number of ether oxygens (including phenoxy) is 2. The lowest BCUT2D eigenvalue weighted by Gasteiger charge is -2.20. The van der Waals surface area contributed by atoms with Gasteiger partial charge in [0.15, 0.2) is 11.5 Å². The molecule has 0 unspecified atom stereocenters. The predicted octanol–water partition coefficient (Wildman–Crippen LogP) is 1.77. The third-order valence-corrected chi connectivity index (χ3v) is 5.92. The van der Waals surface area contributed by atoms with Crippen LogP contribution in [0.2, 0.25) is 0 Å². The summed E-state index contributed by atoms with van der Waals surface area (Å²) in [5.41, 5.74) is 1.10. The summed E-state index contributed by atoms with van der Waals surface area (Å²) in [6.45, 7) is 3.66. The summed E-state index contributed by atoms with van der Waals surface area (Å²) in [7, 11) is 3.83. The Morgan fingerprint density at radius 2 is 1.83 bits per heavy atom. The minimum absolute atomic E-state index is 0.0302. The van der Waals surface area contributed by atoms with E-state index in [2.05, 4.69) is 10.6 Å². The van der Waals surface area contributed by atoms with Crippen molar-refractivity contribution < 1.29 is 19.1 Å². The molecule has 35 heavy (non-hydrogen) atoms. The van der Waals surface area contributed by atoms with E-state index in [-0.39, 0.29) is 18.3 Å². The van der Waals surface area contributed by atoms with E-state index < -0.39 is 17.4 Å². The van der Waals surface area contributed by atoms with Crippen LogP contribution in [0.25, 0.3) is 10.9 Å². The van der Waals surface area contributed by atoms with Gasteiger partial charge in [0.05, 0.1) is 10.9 Å². The van der Waals surface area contributed by atoms with E-state index in [1.54, 1.807) is 12.1 Å². The van der Waals surface area contributed by atoms with Crippen molar-refractivity contribution in [1.29, 1.82) is 0 Å². The summed E-state index contributed by atoms with van der Waals surface area (Å²) in [6, 6.07) is 12.0. The van der Waals surface area contributed by atoms with Crippen LogP contribution in [0.15, 0.2) is 53.5 Å². The molecule has 9 heteroatoms. The van der Waals surface area contributed by atoms with Crippen molar-refractivity contribution in [3.8, 4) is 11.5 Å². The van der Waals surface area contributed by atoms with E-state index in [1.807, 2.05) is 60.8 Å². The highest BCUT2D eigenvalue weighted by Crippen LogP contribution is 2.35. The Hall–Kier alpha value is -3.85. The largest absolute Gasteiger partial charge is 0.454 e. The predicted molar refractivity (Wildman–Crippen MR) is 133 cm³/mol. The third kappa shape index (κ3) is 5.46. The molecule has 0 aliphatic carbocycles. The molecule has 184 valence electrons. The maximum atomic E-state index is 13.3. The van der Waals surface area contributed by atoms with Crippen LogP contribution >= 0.6 is 0 Å². The molecule has 0 spiro atoms. The Bertz CT molecular complexity index is 1290. The fraction of sp³-hybridized carbons (Fsp3) is 0.346. The van der Waals surface area contributed by atoms with Crippen LogP contribution in [0.5, 0.6) is 11.5 Å². The molecule has 1 aliphatic rings. The third-order valence-electron chi connectivity index (χ3n) is 5.92. The molecular weight excluding hydrogens is 448 g/mol. The van der Waals surface area contributed by atoms with Gasteiger partial charge in [-0.3, -0.25) is 14.4 Å². The van der Waals surface area contributed by atoms with Crippen molar-refractivity contribution >= 4 is 22.7 Å². The van der Waals surface area contributed by atoms with Crippen LogP contribution in [0.1, 0.15) is 22.8 Å². The van der Waals surface area contributed by atoms with Crippen molar-refractivity contribution in [1.82, 2.24) is 20.1 Å². The number of carbonyl (C=O) groups is 2. The summed E-state index contributed by atoms with van der Waals surface area (Å²) in [4.78, 5) is 41.6. The molecule has 3 aromatic rings. The zero-order chi connectivity index (χ0) is 24.9. The summed E-state index contributed by atoms with van der Waals surface area (Å²) in [6.07, 6.45) is 1.83. The van der Waals surface area contributed by atoms with Crippen LogP contribution in [-0.2, 0) is 17.8 Å². The number of nitrogens with one attached hydrogen (secondary N) is 2. The Morgan fingerprint density at radius 1 is 1.11 bits per heavy atom. The number of hydrogen-bond acceptors (Lipinski definition) is 6. The fourth-order valence-corrected chi connectivity index (χ4v) is 4.02. The molecule has 1 aliphatic heterocycles. The Labute approximate surface area is 203 Å². The second-order valence-corrected chi connectivity index (χ2v) is 8.69. The van der Waals surface area contributed by atoms with Crippen molar-refractivity contribution in [3.63, 3.8) is 0 Å². The molecule has 0 saturated carbocycles. The lowest BCUT2D eigenvalue weighted by atomic mass is 10.0. The van der Waals surface area contributed by atoms with Crippen molar-refractivity contribution in [3.05, 3.63) is 70.0 Å². The van der Waals surface area contributed by atoms with Gasteiger partial charge in [-0.15, -0.1) is 0 Å². The van der Waals surface area contributed by atoms with E-state index in [0.29, 0.717) is 48.5 Å². The first-order valence-corrected chi connectivity index (χ1v) is 11.6. The molecule has 2 heterocycles. The van der Waals surface area contributed by atoms with Gasteiger partial charge in [-0.05, 0) is 32.6 Å². The van der Waals surface area contributed by atoms with Crippen molar-refractivity contribution in [2.75, 3.05) is 34.0 Å². The van der Waals surface area contributed by atoms with Crippen molar-refractivity contribution in [2.45, 2.75) is 25.9 Å². The van der Waals surface area contributed by atoms with Crippen LogP contribution in [0.3, 0.4) is 0 Å². The number of rotatable bonds is 9. The molecule has 0 fully saturated rings. The summed E-state index contributed by atoms with van der Waals surface area (Å²) in [5.74, 6) is 0.134. The zero-order valence-corrected chi connectivity index (χ0v) is 20.2. The minimum atomic E-state index is -0.839. The van der Waals surface area contributed by atoms with Gasteiger partial charge in [0.25, 0.3) is 5.91 Å². The lowest BCUT2D eigenvalue weighted by Crippen LogP contribution is -2.49. The van der Waals surface area contributed by atoms with Crippen LogP contribution in [-0.4, -0.2) is 61.3 Å². The molecule has 1 atom stereocenters. The topological polar surface area (TPSA) is 102 Å². The Morgan fingerprint density at radius 3 is 2.51 bits per heavy atom. The first-order valence-electron chi connectivity index (χ1n) is 11.6. The average Bonchev–Trinajstić information content (AvgIpc) is 3.31. The van der Waals surface area contributed by atoms with Crippen LogP contribution in [0, 0.1) is 0 Å². The van der Waals surface area contributed by atoms with Gasteiger partial charge in [0.2, 0.25) is 18.1 Å². The SMILES string of the molecule is CCn1cc(C(=O)N[C@H](Cc2ccccc2)C(=O)NCCN(C)C)c(=O)c2cc3c(cc21)OCO3. The molecule has 9 nitrogen and oxygen atoms in total. The highest BCUT2D eigenvalue weighted by atomic mass is 16.7. The maximum absolute atomic E-state index is 13.3. The summed E-state index contributed by atoms with van der Waals surface area (Å²) in [5, 5.41) is 6.03. The minimum Gasteiger partial charge on any atom is -0.454 e. The summed E-state index contributed by atoms with van der Waals surface area (Å²) < 4.78 is 12.7. The number of fused-ring (bicyclic) bond motifs is 2. The number of pyridine rings is 1. The van der Waals surface area contributed by atoms with Gasteiger partial charge < -0.3 is 29.6 Å². The second kappa shape index (κ2) is 10.6. The number of benzene rings is 2. The van der Waals surface area contributed by atoms with Gasteiger partial charge in [-0.1, -0.05) is 30.3 Å².